The quantitative estimate of drug-likeness (QED) is 0.699. The number of benzene rings is 1. The van der Waals surface area contributed by atoms with Gasteiger partial charge in [-0.2, -0.15) is 0 Å². The lowest BCUT2D eigenvalue weighted by Gasteiger charge is -2.14. The van der Waals surface area contributed by atoms with E-state index in [1.54, 1.807) is 0 Å². The number of aromatic amines is 1. The van der Waals surface area contributed by atoms with E-state index >= 15 is 0 Å². The predicted octanol–water partition coefficient (Wildman–Crippen LogP) is 2.20. The normalized spacial score (nSPS) is 13.4. The molecule has 0 aliphatic heterocycles. The van der Waals surface area contributed by atoms with Crippen LogP contribution in [0.2, 0.25) is 0 Å². The van der Waals surface area contributed by atoms with E-state index in [0.717, 1.165) is 18.5 Å². The smallest absolute Gasteiger partial charge is 0.305 e. The molecule has 1 aliphatic rings. The molecule has 0 radical (unpaired) electrons. The summed E-state index contributed by atoms with van der Waals surface area (Å²) in [6, 6.07) is 8.28. The summed E-state index contributed by atoms with van der Waals surface area (Å²) in [5.41, 5.74) is 3.59. The van der Waals surface area contributed by atoms with Crippen LogP contribution in [0, 0.1) is 0 Å². The number of aryl methyl sites for hydroxylation is 2. The van der Waals surface area contributed by atoms with E-state index in [1.807, 2.05) is 12.1 Å². The lowest BCUT2D eigenvalue weighted by Crippen LogP contribution is -2.01. The van der Waals surface area contributed by atoms with Crippen molar-refractivity contribution in [2.45, 2.75) is 12.8 Å². The lowest BCUT2D eigenvalue weighted by atomic mass is 9.94. The van der Waals surface area contributed by atoms with Gasteiger partial charge in [0.1, 0.15) is 0 Å². The first-order chi connectivity index (χ1) is 6.84. The van der Waals surface area contributed by atoms with E-state index in [2.05, 4.69) is 17.1 Å². The van der Waals surface area contributed by atoms with Gasteiger partial charge in [0.2, 0.25) is 0 Å². The molecule has 1 aromatic carbocycles. The third-order valence-corrected chi connectivity index (χ3v) is 3.57. The largest absolute Gasteiger partial charge is 0.312 e. The maximum Gasteiger partial charge on any atom is 0.305 e. The lowest BCUT2D eigenvalue weighted by molar-refractivity contribution is 0.954. The molecule has 1 heterocycles. The van der Waals surface area contributed by atoms with Crippen molar-refractivity contribution in [2.24, 2.45) is 0 Å². The zero-order chi connectivity index (χ0) is 9.54. The van der Waals surface area contributed by atoms with Crippen molar-refractivity contribution in [2.75, 3.05) is 0 Å². The molecule has 0 fully saturated rings. The first-order valence-electron chi connectivity index (χ1n) is 4.65. The monoisotopic (exact) mass is 203 g/mol. The van der Waals surface area contributed by atoms with Crippen molar-refractivity contribution in [3.05, 3.63) is 44.4 Å². The Kier molecular flexibility index (Phi) is 1.61. The topological polar surface area (TPSA) is 32.9 Å². The Labute approximate surface area is 85.2 Å². The van der Waals surface area contributed by atoms with Crippen LogP contribution in [-0.2, 0) is 12.8 Å². The summed E-state index contributed by atoms with van der Waals surface area (Å²) in [4.78, 5) is 15.4. The van der Waals surface area contributed by atoms with Crippen molar-refractivity contribution in [1.82, 2.24) is 4.98 Å². The van der Waals surface area contributed by atoms with Gasteiger partial charge in [-0.25, -0.2) is 0 Å². The van der Waals surface area contributed by atoms with E-state index < -0.39 is 0 Å². The molecule has 70 valence electrons. The minimum Gasteiger partial charge on any atom is -0.312 e. The first-order valence-corrected chi connectivity index (χ1v) is 5.46. The van der Waals surface area contributed by atoms with Gasteiger partial charge in [0, 0.05) is 10.4 Å². The van der Waals surface area contributed by atoms with Crippen molar-refractivity contribution in [1.29, 1.82) is 0 Å². The molecule has 3 rings (SSSR count). The van der Waals surface area contributed by atoms with Crippen LogP contribution in [-0.4, -0.2) is 4.98 Å². The second-order valence-electron chi connectivity index (χ2n) is 3.47. The minimum atomic E-state index is 0.0618. The molecule has 0 saturated heterocycles. The van der Waals surface area contributed by atoms with Gasteiger partial charge in [-0.15, -0.1) is 0 Å². The van der Waals surface area contributed by atoms with Crippen LogP contribution in [0.4, 0.5) is 0 Å². The molecule has 0 unspecified atom stereocenters. The predicted molar refractivity (Wildman–Crippen MR) is 57.8 cm³/mol. The van der Waals surface area contributed by atoms with Crippen LogP contribution < -0.4 is 4.87 Å². The highest BCUT2D eigenvalue weighted by Crippen LogP contribution is 2.32. The van der Waals surface area contributed by atoms with Crippen LogP contribution in [0.1, 0.15) is 10.4 Å². The highest BCUT2D eigenvalue weighted by Gasteiger charge is 2.17. The molecule has 0 atom stereocenters. The minimum absolute atomic E-state index is 0.0618. The van der Waals surface area contributed by atoms with E-state index in [0.29, 0.717) is 0 Å². The third-order valence-electron chi connectivity index (χ3n) is 2.63. The Bertz CT molecular complexity index is 538. The molecule has 14 heavy (non-hydrogen) atoms. The van der Waals surface area contributed by atoms with Crippen molar-refractivity contribution in [3.8, 4) is 11.3 Å². The van der Waals surface area contributed by atoms with Gasteiger partial charge in [-0.3, -0.25) is 4.79 Å². The summed E-state index contributed by atoms with van der Waals surface area (Å²) in [7, 11) is 0. The number of hydrogen-bond acceptors (Lipinski definition) is 2. The maximum atomic E-state index is 11.2. The molecule has 3 heteroatoms. The van der Waals surface area contributed by atoms with Crippen LogP contribution in [0.25, 0.3) is 11.3 Å². The van der Waals surface area contributed by atoms with Gasteiger partial charge in [-0.05, 0) is 18.4 Å². The van der Waals surface area contributed by atoms with Gasteiger partial charge in [-0.1, -0.05) is 35.6 Å². The third kappa shape index (κ3) is 1.06. The Morgan fingerprint density at radius 1 is 1.21 bits per heavy atom. The van der Waals surface area contributed by atoms with Gasteiger partial charge >= 0.3 is 4.87 Å². The fraction of sp³-hybridized carbons (Fsp3) is 0.182. The Hall–Kier alpha value is -1.35. The number of rotatable bonds is 0. The van der Waals surface area contributed by atoms with Gasteiger partial charge in [0.05, 0.1) is 5.69 Å². The van der Waals surface area contributed by atoms with E-state index in [1.165, 1.54) is 27.3 Å². The SMILES string of the molecule is O=c1[nH]c2c(s1)CCc1ccccc1-2. The number of fused-ring (bicyclic) bond motifs is 3. The second kappa shape index (κ2) is 2.82. The second-order valence-corrected chi connectivity index (χ2v) is 4.54. The number of thiazole rings is 1. The fourth-order valence-electron chi connectivity index (χ4n) is 1.98. The summed E-state index contributed by atoms with van der Waals surface area (Å²) in [6.45, 7) is 0. The van der Waals surface area contributed by atoms with Crippen LogP contribution >= 0.6 is 11.3 Å². The van der Waals surface area contributed by atoms with E-state index in [4.69, 9.17) is 0 Å². The Morgan fingerprint density at radius 3 is 3.00 bits per heavy atom. The molecule has 0 spiro atoms. The molecule has 2 nitrogen and oxygen atoms in total. The highest BCUT2D eigenvalue weighted by molar-refractivity contribution is 7.09. The number of nitrogens with one attached hydrogen (secondary N) is 1. The number of hydrogen-bond donors (Lipinski definition) is 1. The molecular weight excluding hydrogens is 194 g/mol. The van der Waals surface area contributed by atoms with Gasteiger partial charge in [0.15, 0.2) is 0 Å². The number of H-pyrrole nitrogens is 1. The summed E-state index contributed by atoms with van der Waals surface area (Å²) < 4.78 is 0. The number of aromatic nitrogens is 1. The molecule has 2 aromatic rings. The molecule has 1 aliphatic carbocycles. The van der Waals surface area contributed by atoms with E-state index in [-0.39, 0.29) is 4.87 Å². The first kappa shape index (κ1) is 8.00. The average Bonchev–Trinajstić information content (AvgIpc) is 2.59. The van der Waals surface area contributed by atoms with Crippen LogP contribution in [0.15, 0.2) is 29.1 Å². The fourth-order valence-corrected chi connectivity index (χ4v) is 2.83. The van der Waals surface area contributed by atoms with Crippen LogP contribution in [0.3, 0.4) is 0 Å². The highest BCUT2D eigenvalue weighted by atomic mass is 32.1. The molecule has 0 amide bonds. The van der Waals surface area contributed by atoms with Gasteiger partial charge in [0.25, 0.3) is 0 Å². The molecule has 0 saturated carbocycles. The average molecular weight is 203 g/mol. The summed E-state index contributed by atoms with van der Waals surface area (Å²) in [5, 5.41) is 0. The summed E-state index contributed by atoms with van der Waals surface area (Å²) >= 11 is 1.34. The molecular formula is C11H9NOS. The molecule has 0 bridgehead atoms. The standard InChI is InChI=1S/C11H9NOS/c13-11-12-10-8-4-2-1-3-7(8)5-6-9(10)14-11/h1-4H,5-6H2,(H,12,13). The maximum absolute atomic E-state index is 11.2. The van der Waals surface area contributed by atoms with Crippen molar-refractivity contribution in [3.63, 3.8) is 0 Å². The Balaban J connectivity index is 2.33. The van der Waals surface area contributed by atoms with Gasteiger partial charge < -0.3 is 4.98 Å². The van der Waals surface area contributed by atoms with Crippen molar-refractivity contribution < 1.29 is 0 Å². The molecule has 1 aromatic heterocycles. The Morgan fingerprint density at radius 2 is 2.07 bits per heavy atom. The molecule has 1 N–H and O–H groups in total. The summed E-state index contributed by atoms with van der Waals surface area (Å²) in [6.07, 6.45) is 2.05. The zero-order valence-electron chi connectivity index (χ0n) is 7.54. The zero-order valence-corrected chi connectivity index (χ0v) is 8.36. The van der Waals surface area contributed by atoms with Crippen LogP contribution in [0.5, 0.6) is 0 Å². The van der Waals surface area contributed by atoms with Crippen molar-refractivity contribution >= 4 is 11.3 Å². The van der Waals surface area contributed by atoms with E-state index in [9.17, 15) is 4.79 Å². The summed E-state index contributed by atoms with van der Waals surface area (Å²) in [5.74, 6) is 0.